The number of rotatable bonds is 1. The van der Waals surface area contributed by atoms with Crippen LogP contribution >= 0.6 is 0 Å². The second kappa shape index (κ2) is 3.91. The zero-order valence-electron chi connectivity index (χ0n) is 9.90. The van der Waals surface area contributed by atoms with Crippen molar-refractivity contribution in [3.8, 4) is 0 Å². The van der Waals surface area contributed by atoms with Gasteiger partial charge in [0.2, 0.25) is 0 Å². The Bertz CT molecular complexity index is 426. The van der Waals surface area contributed by atoms with Gasteiger partial charge in [-0.1, -0.05) is 5.46 Å². The molecule has 3 heterocycles. The van der Waals surface area contributed by atoms with Crippen molar-refractivity contribution < 1.29 is 9.21 Å². The molecule has 5 heteroatoms. The number of likely N-dealkylation sites (tertiary alicyclic amines) is 1. The van der Waals surface area contributed by atoms with Gasteiger partial charge in [-0.15, -0.1) is 0 Å². The molecule has 17 heavy (non-hydrogen) atoms. The number of nitrogens with zero attached hydrogens (tertiary/aromatic N) is 1. The molecule has 1 aromatic heterocycles. The summed E-state index contributed by atoms with van der Waals surface area (Å²) in [6.07, 6.45) is 0. The number of fused-ring (bicyclic) bond motifs is 1. The topological polar surface area (TPSA) is 45.5 Å². The third-order valence-electron chi connectivity index (χ3n) is 3.84. The molecule has 0 saturated carbocycles. The third-order valence-corrected chi connectivity index (χ3v) is 3.84. The van der Waals surface area contributed by atoms with Gasteiger partial charge in [0.15, 0.2) is 5.76 Å². The van der Waals surface area contributed by atoms with E-state index in [1.807, 2.05) is 4.90 Å². The van der Waals surface area contributed by atoms with E-state index >= 15 is 0 Å². The summed E-state index contributed by atoms with van der Waals surface area (Å²) >= 11 is 0. The fraction of sp³-hybridized carbons (Fsp3) is 0.583. The molecule has 0 aliphatic carbocycles. The van der Waals surface area contributed by atoms with E-state index in [-0.39, 0.29) is 5.91 Å². The lowest BCUT2D eigenvalue weighted by molar-refractivity contribution is 0.0748. The van der Waals surface area contributed by atoms with Gasteiger partial charge in [-0.2, -0.15) is 0 Å². The lowest BCUT2D eigenvalue weighted by atomic mass is 9.97. The summed E-state index contributed by atoms with van der Waals surface area (Å²) in [6, 6.07) is 1.63. The van der Waals surface area contributed by atoms with Crippen molar-refractivity contribution in [3.63, 3.8) is 0 Å². The Hall–Kier alpha value is -1.23. The van der Waals surface area contributed by atoms with E-state index in [0.29, 0.717) is 28.8 Å². The Balaban J connectivity index is 1.75. The Labute approximate surface area is 102 Å². The van der Waals surface area contributed by atoms with Crippen LogP contribution < -0.4 is 10.8 Å². The first-order chi connectivity index (χ1) is 8.15. The number of furan rings is 1. The molecule has 1 amide bonds. The normalized spacial score (nSPS) is 27.5. The summed E-state index contributed by atoms with van der Waals surface area (Å²) in [7, 11) is 5.69. The average Bonchev–Trinajstić information content (AvgIpc) is 2.92. The minimum absolute atomic E-state index is 0.0285. The first-order valence-corrected chi connectivity index (χ1v) is 6.01. The molecule has 1 N–H and O–H groups in total. The van der Waals surface area contributed by atoms with E-state index in [1.54, 1.807) is 13.0 Å². The lowest BCUT2D eigenvalue weighted by Gasteiger charge is -2.15. The highest BCUT2D eigenvalue weighted by atomic mass is 16.4. The van der Waals surface area contributed by atoms with Crippen LogP contribution in [-0.4, -0.2) is 44.8 Å². The van der Waals surface area contributed by atoms with Gasteiger partial charge in [0.1, 0.15) is 7.85 Å². The van der Waals surface area contributed by atoms with E-state index in [2.05, 4.69) is 5.32 Å². The molecule has 4 nitrogen and oxygen atoms in total. The molecule has 2 aliphatic heterocycles. The van der Waals surface area contributed by atoms with Crippen LogP contribution in [0.15, 0.2) is 10.5 Å². The van der Waals surface area contributed by atoms with Crippen molar-refractivity contribution >= 4 is 19.2 Å². The predicted octanol–water partition coefficient (Wildman–Crippen LogP) is -0.327. The number of hydrogen-bond donors (Lipinski definition) is 1. The SMILES string of the molecule is [B]c1cc(C(=O)N2CC3CNCC3C2)oc1C. The standard InChI is InChI=1S/C12H15BN2O2/c1-7-10(13)2-11(17-7)12(16)15-5-8-3-14-4-9(8)6-15/h2,8-9,14H,3-6H2,1H3. The van der Waals surface area contributed by atoms with Gasteiger partial charge in [0.05, 0.1) is 5.76 Å². The van der Waals surface area contributed by atoms with E-state index in [0.717, 1.165) is 26.2 Å². The highest BCUT2D eigenvalue weighted by Gasteiger charge is 2.38. The average molecular weight is 230 g/mol. The third kappa shape index (κ3) is 1.78. The van der Waals surface area contributed by atoms with Crippen LogP contribution in [0.4, 0.5) is 0 Å². The second-order valence-electron chi connectivity index (χ2n) is 5.01. The molecule has 1 aromatic rings. The number of amides is 1. The second-order valence-corrected chi connectivity index (χ2v) is 5.01. The number of hydrogen-bond acceptors (Lipinski definition) is 3. The van der Waals surface area contributed by atoms with Crippen LogP contribution in [0.1, 0.15) is 16.3 Å². The first-order valence-electron chi connectivity index (χ1n) is 6.01. The van der Waals surface area contributed by atoms with Gasteiger partial charge >= 0.3 is 0 Å². The van der Waals surface area contributed by atoms with Crippen molar-refractivity contribution in [1.82, 2.24) is 10.2 Å². The van der Waals surface area contributed by atoms with E-state index < -0.39 is 0 Å². The Morgan fingerprint density at radius 1 is 1.47 bits per heavy atom. The number of nitrogens with one attached hydrogen (secondary N) is 1. The minimum Gasteiger partial charge on any atom is -0.457 e. The zero-order chi connectivity index (χ0) is 12.0. The van der Waals surface area contributed by atoms with Crippen LogP contribution in [-0.2, 0) is 0 Å². The Kier molecular flexibility index (Phi) is 2.51. The number of aryl methyl sites for hydroxylation is 1. The summed E-state index contributed by atoms with van der Waals surface area (Å²) < 4.78 is 5.38. The predicted molar refractivity (Wildman–Crippen MR) is 64.6 cm³/mol. The van der Waals surface area contributed by atoms with Gasteiger partial charge in [0.25, 0.3) is 5.91 Å². The summed E-state index contributed by atoms with van der Waals surface area (Å²) in [5.74, 6) is 2.17. The molecule has 0 aromatic carbocycles. The fourth-order valence-electron chi connectivity index (χ4n) is 2.78. The minimum atomic E-state index is -0.0285. The van der Waals surface area contributed by atoms with Crippen molar-refractivity contribution in [2.45, 2.75) is 6.92 Å². The number of carbonyl (C=O) groups is 1. The molecule has 0 spiro atoms. The summed E-state index contributed by atoms with van der Waals surface area (Å²) in [5, 5.41) is 3.36. The summed E-state index contributed by atoms with van der Waals surface area (Å²) in [4.78, 5) is 14.1. The van der Waals surface area contributed by atoms with Gasteiger partial charge in [-0.3, -0.25) is 4.79 Å². The van der Waals surface area contributed by atoms with Crippen molar-refractivity contribution in [2.75, 3.05) is 26.2 Å². The van der Waals surface area contributed by atoms with Gasteiger partial charge in [-0.05, 0) is 24.8 Å². The largest absolute Gasteiger partial charge is 0.457 e. The molecular formula is C12H15BN2O2. The van der Waals surface area contributed by atoms with Crippen LogP contribution in [0.25, 0.3) is 0 Å². The maximum Gasteiger partial charge on any atom is 0.289 e. The molecule has 2 radical (unpaired) electrons. The monoisotopic (exact) mass is 230 g/mol. The molecular weight excluding hydrogens is 215 g/mol. The summed E-state index contributed by atoms with van der Waals surface area (Å²) in [5.41, 5.74) is 0.550. The Morgan fingerprint density at radius 3 is 2.65 bits per heavy atom. The molecule has 2 atom stereocenters. The molecule has 2 aliphatic rings. The van der Waals surface area contributed by atoms with Crippen molar-refractivity contribution in [3.05, 3.63) is 17.6 Å². The van der Waals surface area contributed by atoms with Crippen LogP contribution in [0, 0.1) is 18.8 Å². The molecule has 0 bridgehead atoms. The van der Waals surface area contributed by atoms with Gasteiger partial charge in [-0.25, -0.2) is 0 Å². The number of carbonyl (C=O) groups excluding carboxylic acids is 1. The van der Waals surface area contributed by atoms with Crippen LogP contribution in [0.5, 0.6) is 0 Å². The van der Waals surface area contributed by atoms with Gasteiger partial charge < -0.3 is 14.6 Å². The molecule has 88 valence electrons. The first kappa shape index (κ1) is 10.9. The quantitative estimate of drug-likeness (QED) is 0.672. The molecule has 2 saturated heterocycles. The maximum atomic E-state index is 12.2. The fourth-order valence-corrected chi connectivity index (χ4v) is 2.78. The van der Waals surface area contributed by atoms with Crippen molar-refractivity contribution in [1.29, 1.82) is 0 Å². The van der Waals surface area contributed by atoms with E-state index in [1.165, 1.54) is 0 Å². The van der Waals surface area contributed by atoms with Crippen molar-refractivity contribution in [2.24, 2.45) is 11.8 Å². The molecule has 2 fully saturated rings. The maximum absolute atomic E-state index is 12.2. The highest BCUT2D eigenvalue weighted by molar-refractivity contribution is 6.33. The van der Waals surface area contributed by atoms with Crippen LogP contribution in [0.2, 0.25) is 0 Å². The molecule has 2 unspecified atom stereocenters. The highest BCUT2D eigenvalue weighted by Crippen LogP contribution is 2.27. The summed E-state index contributed by atoms with van der Waals surface area (Å²) in [6.45, 7) is 5.47. The van der Waals surface area contributed by atoms with E-state index in [9.17, 15) is 4.79 Å². The van der Waals surface area contributed by atoms with E-state index in [4.69, 9.17) is 12.3 Å². The zero-order valence-corrected chi connectivity index (χ0v) is 9.90. The van der Waals surface area contributed by atoms with Gasteiger partial charge in [0, 0.05) is 26.2 Å². The Morgan fingerprint density at radius 2 is 2.12 bits per heavy atom. The van der Waals surface area contributed by atoms with Crippen LogP contribution in [0.3, 0.4) is 0 Å². The lowest BCUT2D eigenvalue weighted by Crippen LogP contribution is -2.31. The smallest absolute Gasteiger partial charge is 0.289 e. The molecule has 3 rings (SSSR count).